The quantitative estimate of drug-likeness (QED) is 0.406. The molecule has 1 aliphatic rings. The summed E-state index contributed by atoms with van der Waals surface area (Å²) in [5.74, 6) is -0.152. The van der Waals surface area contributed by atoms with E-state index in [9.17, 15) is 14.4 Å². The molecule has 35 heavy (non-hydrogen) atoms. The van der Waals surface area contributed by atoms with Gasteiger partial charge in [-0.3, -0.25) is 10.1 Å². The summed E-state index contributed by atoms with van der Waals surface area (Å²) in [4.78, 5) is 42.0. The summed E-state index contributed by atoms with van der Waals surface area (Å²) >= 11 is 0. The van der Waals surface area contributed by atoms with Crippen molar-refractivity contribution in [3.05, 3.63) is 89.4 Å². The van der Waals surface area contributed by atoms with Crippen molar-refractivity contribution in [1.29, 1.82) is 0 Å². The Morgan fingerprint density at radius 2 is 1.83 bits per heavy atom. The summed E-state index contributed by atoms with van der Waals surface area (Å²) in [5.41, 5.74) is 3.47. The molecule has 0 radical (unpaired) electrons. The number of allylic oxidation sites excluding steroid dienone is 1. The predicted molar refractivity (Wildman–Crippen MR) is 126 cm³/mol. The van der Waals surface area contributed by atoms with Gasteiger partial charge in [-0.25, -0.2) is 14.6 Å². The Bertz CT molecular complexity index is 1420. The molecule has 9 heteroatoms. The van der Waals surface area contributed by atoms with Crippen molar-refractivity contribution < 1.29 is 28.0 Å². The molecule has 9 nitrogen and oxygen atoms in total. The molecule has 0 atom stereocenters. The van der Waals surface area contributed by atoms with Crippen LogP contribution in [0.2, 0.25) is 0 Å². The molecule has 0 bridgehead atoms. The van der Waals surface area contributed by atoms with Crippen LogP contribution in [-0.2, 0) is 22.5 Å². The van der Waals surface area contributed by atoms with Gasteiger partial charge in [0.05, 0.1) is 35.8 Å². The first kappa shape index (κ1) is 22.1. The predicted octanol–water partition coefficient (Wildman–Crippen LogP) is 4.09. The maximum absolute atomic E-state index is 13.1. The van der Waals surface area contributed by atoms with E-state index in [1.165, 1.54) is 6.26 Å². The van der Waals surface area contributed by atoms with E-state index < -0.39 is 24.5 Å². The number of nitrogens with one attached hydrogen (secondary N) is 2. The second kappa shape index (κ2) is 9.68. The number of carbonyl (C=O) groups excluding carboxylic acids is 3. The topological polar surface area (TPSA) is 124 Å². The minimum atomic E-state index is -0.747. The Hall–Kier alpha value is -4.66. The minimum Gasteiger partial charge on any atom is -0.467 e. The minimum absolute atomic E-state index is 0.120. The molecule has 0 unspecified atom stereocenters. The highest BCUT2D eigenvalue weighted by Crippen LogP contribution is 2.37. The van der Waals surface area contributed by atoms with E-state index in [-0.39, 0.29) is 6.54 Å². The number of esters is 1. The fourth-order valence-corrected chi connectivity index (χ4v) is 4.05. The third kappa shape index (κ3) is 4.84. The summed E-state index contributed by atoms with van der Waals surface area (Å²) in [7, 11) is 0. The molecular formula is C26H21N3O6. The molecule has 4 aromatic rings. The number of ether oxygens (including phenoxy) is 1. The average molecular weight is 471 g/mol. The van der Waals surface area contributed by atoms with Crippen LogP contribution in [0.5, 0.6) is 0 Å². The molecular weight excluding hydrogens is 450 g/mol. The lowest BCUT2D eigenvalue weighted by Crippen LogP contribution is -2.41. The van der Waals surface area contributed by atoms with Crippen LogP contribution in [0.25, 0.3) is 22.6 Å². The van der Waals surface area contributed by atoms with Crippen LogP contribution in [0.3, 0.4) is 0 Å². The second-order valence-electron chi connectivity index (χ2n) is 7.90. The van der Waals surface area contributed by atoms with E-state index >= 15 is 0 Å². The summed E-state index contributed by atoms with van der Waals surface area (Å²) in [6.45, 7) is -0.484. The van der Waals surface area contributed by atoms with E-state index in [1.54, 1.807) is 30.5 Å². The number of hydrogen-bond acceptors (Lipinski definition) is 7. The summed E-state index contributed by atoms with van der Waals surface area (Å²) in [5, 5.41) is 5.27. The van der Waals surface area contributed by atoms with Crippen LogP contribution in [0.15, 0.2) is 69.9 Å². The van der Waals surface area contributed by atoms with Gasteiger partial charge in [0.2, 0.25) is 0 Å². The zero-order valence-electron chi connectivity index (χ0n) is 18.6. The number of carbonyl (C=O) groups is 3. The maximum atomic E-state index is 13.1. The average Bonchev–Trinajstić information content (AvgIpc) is 3.63. The number of amides is 3. The third-order valence-corrected chi connectivity index (χ3v) is 5.60. The largest absolute Gasteiger partial charge is 0.467 e. The van der Waals surface area contributed by atoms with Gasteiger partial charge >= 0.3 is 12.0 Å². The van der Waals surface area contributed by atoms with Gasteiger partial charge < -0.3 is 18.9 Å². The lowest BCUT2D eigenvalue weighted by Gasteiger charge is -2.12. The number of hydrogen-bond donors (Lipinski definition) is 2. The number of pyridine rings is 1. The van der Waals surface area contributed by atoms with Crippen LogP contribution in [-0.4, -0.2) is 29.5 Å². The van der Waals surface area contributed by atoms with Crippen LogP contribution in [0, 0.1) is 0 Å². The van der Waals surface area contributed by atoms with Crippen LogP contribution < -0.4 is 10.6 Å². The number of urea groups is 1. The first-order chi connectivity index (χ1) is 17.1. The van der Waals surface area contributed by atoms with Gasteiger partial charge in [0.1, 0.15) is 11.5 Å². The Kier molecular flexibility index (Phi) is 6.13. The van der Waals surface area contributed by atoms with E-state index in [1.807, 2.05) is 30.3 Å². The Balaban J connectivity index is 1.31. The number of benzene rings is 1. The van der Waals surface area contributed by atoms with Crippen molar-refractivity contribution >= 4 is 40.5 Å². The normalized spacial score (nSPS) is 13.5. The zero-order valence-corrected chi connectivity index (χ0v) is 18.6. The van der Waals surface area contributed by atoms with Gasteiger partial charge in [0.25, 0.3) is 5.91 Å². The number of imide groups is 1. The van der Waals surface area contributed by atoms with Gasteiger partial charge in [-0.1, -0.05) is 18.2 Å². The van der Waals surface area contributed by atoms with Gasteiger partial charge in [-0.15, -0.1) is 0 Å². The Labute approximate surface area is 199 Å². The van der Waals surface area contributed by atoms with E-state index in [0.717, 1.165) is 11.1 Å². The van der Waals surface area contributed by atoms with Crippen molar-refractivity contribution in [1.82, 2.24) is 15.6 Å². The van der Waals surface area contributed by atoms with Gasteiger partial charge in [0.15, 0.2) is 6.61 Å². The van der Waals surface area contributed by atoms with E-state index in [4.69, 9.17) is 18.6 Å². The van der Waals surface area contributed by atoms with Gasteiger partial charge in [0, 0.05) is 5.39 Å². The van der Waals surface area contributed by atoms with Crippen molar-refractivity contribution in [3.8, 4) is 0 Å². The molecule has 3 heterocycles. The number of nitrogens with zero attached hydrogens (tertiary/aromatic N) is 1. The molecule has 5 rings (SSSR count). The molecule has 0 spiro atoms. The van der Waals surface area contributed by atoms with Crippen molar-refractivity contribution in [2.45, 2.75) is 19.4 Å². The third-order valence-electron chi connectivity index (χ3n) is 5.60. The number of rotatable bonds is 6. The number of aromatic nitrogens is 1. The molecule has 3 amide bonds. The second-order valence-corrected chi connectivity index (χ2v) is 7.90. The lowest BCUT2D eigenvalue weighted by molar-refractivity contribution is -0.123. The summed E-state index contributed by atoms with van der Waals surface area (Å²) in [6.07, 6.45) is 6.29. The standard InChI is InChI=1S/C26H21N3O6/c30-22(29-26(32)27-14-18-6-4-12-34-18)15-35-25(31)23-19-7-1-2-8-21(19)28-24-16(9-10-20(23)24)13-17-5-3-11-33-17/h1-8,11-13H,9-10,14-15H2,(H2,27,29,30,32)/b16-13-. The molecule has 2 N–H and O–H groups in total. The van der Waals surface area contributed by atoms with Crippen molar-refractivity contribution in [2.24, 2.45) is 0 Å². The molecule has 1 aromatic carbocycles. The smallest absolute Gasteiger partial charge is 0.339 e. The molecule has 0 aliphatic heterocycles. The number of para-hydroxylation sites is 1. The molecule has 1 aliphatic carbocycles. The Morgan fingerprint density at radius 1 is 1.00 bits per heavy atom. The first-order valence-corrected chi connectivity index (χ1v) is 11.0. The van der Waals surface area contributed by atoms with E-state index in [2.05, 4.69) is 10.6 Å². The van der Waals surface area contributed by atoms with Crippen LogP contribution in [0.4, 0.5) is 4.79 Å². The fraction of sp³-hybridized carbons (Fsp3) is 0.154. The summed E-state index contributed by atoms with van der Waals surface area (Å²) < 4.78 is 15.8. The molecule has 176 valence electrons. The highest BCUT2D eigenvalue weighted by Gasteiger charge is 2.28. The van der Waals surface area contributed by atoms with Crippen molar-refractivity contribution in [3.63, 3.8) is 0 Å². The fourth-order valence-electron chi connectivity index (χ4n) is 4.05. The SMILES string of the molecule is O=C(COC(=O)c1c2c(nc3ccccc13)/C(=C\c1ccco1)CC2)NC(=O)NCc1ccco1. The highest BCUT2D eigenvalue weighted by molar-refractivity contribution is 6.07. The van der Waals surface area contributed by atoms with Crippen LogP contribution in [0.1, 0.15) is 39.6 Å². The zero-order chi connectivity index (χ0) is 24.2. The highest BCUT2D eigenvalue weighted by atomic mass is 16.5. The Morgan fingerprint density at radius 3 is 2.63 bits per heavy atom. The van der Waals surface area contributed by atoms with Gasteiger partial charge in [-0.2, -0.15) is 0 Å². The monoisotopic (exact) mass is 471 g/mol. The first-order valence-electron chi connectivity index (χ1n) is 11.0. The number of furan rings is 2. The molecule has 0 saturated heterocycles. The summed E-state index contributed by atoms with van der Waals surface area (Å²) in [6, 6.07) is 13.6. The van der Waals surface area contributed by atoms with Crippen molar-refractivity contribution in [2.75, 3.05) is 6.61 Å². The molecule has 3 aromatic heterocycles. The number of fused-ring (bicyclic) bond motifs is 2. The maximum Gasteiger partial charge on any atom is 0.339 e. The molecule has 0 fully saturated rings. The molecule has 0 saturated carbocycles. The van der Waals surface area contributed by atoms with Crippen LogP contribution >= 0.6 is 0 Å². The van der Waals surface area contributed by atoms with E-state index in [0.29, 0.717) is 46.5 Å². The van der Waals surface area contributed by atoms with Gasteiger partial charge in [-0.05, 0) is 60.4 Å². The lowest BCUT2D eigenvalue weighted by atomic mass is 10.0.